The Labute approximate surface area is 97.8 Å². The number of hydrogen-bond donors (Lipinski definition) is 2. The highest BCUT2D eigenvalue weighted by molar-refractivity contribution is 5.67. The Bertz CT molecular complexity index is 353. The Morgan fingerprint density at radius 1 is 1.65 bits per heavy atom. The molecule has 94 valence electrons. The molecule has 1 aliphatic rings. The van der Waals surface area contributed by atoms with Crippen LogP contribution in [0, 0.1) is 11.4 Å². The fourth-order valence-electron chi connectivity index (χ4n) is 1.84. The van der Waals surface area contributed by atoms with Gasteiger partial charge in [-0.15, -0.1) is 0 Å². The number of nitrogens with one attached hydrogen (secondary N) is 1. The zero-order valence-corrected chi connectivity index (χ0v) is 9.50. The van der Waals surface area contributed by atoms with Crippen LogP contribution in [0.3, 0.4) is 0 Å². The molecule has 2 N–H and O–H groups in total. The van der Waals surface area contributed by atoms with E-state index in [2.05, 4.69) is 10.0 Å². The molecule has 0 aliphatic carbocycles. The first-order valence-electron chi connectivity index (χ1n) is 5.23. The van der Waals surface area contributed by atoms with Crippen LogP contribution >= 0.6 is 0 Å². The van der Waals surface area contributed by atoms with Gasteiger partial charge in [0, 0.05) is 19.4 Å². The number of amides is 1. The maximum Gasteiger partial charge on any atom is 0.407 e. The quantitative estimate of drug-likeness (QED) is 0.425. The molecule has 1 amide bonds. The van der Waals surface area contributed by atoms with Crippen LogP contribution in [-0.4, -0.2) is 47.8 Å². The molecule has 0 spiro atoms. The van der Waals surface area contributed by atoms with E-state index in [4.69, 9.17) is 15.4 Å². The number of piperidine rings is 1. The number of carbonyl (C=O) groups excluding carboxylic acids is 1. The van der Waals surface area contributed by atoms with Gasteiger partial charge in [0.2, 0.25) is 4.91 Å². The number of hydrogen-bond acceptors (Lipinski definition) is 5. The SMILES string of the molecule is CC(=O)OC1CN(C(=O)O)CCC1CN=[N+]=N. The summed E-state index contributed by atoms with van der Waals surface area (Å²) in [5, 5.41) is 12.4. The van der Waals surface area contributed by atoms with Gasteiger partial charge >= 0.3 is 12.1 Å². The highest BCUT2D eigenvalue weighted by Crippen LogP contribution is 2.21. The van der Waals surface area contributed by atoms with E-state index in [0.717, 1.165) is 0 Å². The third-order valence-corrected chi connectivity index (χ3v) is 2.67. The number of nitrogens with zero attached hydrogens (tertiary/aromatic N) is 3. The fraction of sp³-hybridized carbons (Fsp3) is 0.778. The average molecular weight is 243 g/mol. The van der Waals surface area contributed by atoms with Crippen molar-refractivity contribution in [3.8, 4) is 0 Å². The minimum atomic E-state index is -1.03. The molecule has 1 heterocycles. The Kier molecular flexibility index (Phi) is 4.59. The van der Waals surface area contributed by atoms with E-state index in [9.17, 15) is 9.59 Å². The van der Waals surface area contributed by atoms with Crippen LogP contribution < -0.4 is 4.91 Å². The van der Waals surface area contributed by atoms with Crippen LogP contribution in [0.2, 0.25) is 0 Å². The summed E-state index contributed by atoms with van der Waals surface area (Å²) >= 11 is 0. The van der Waals surface area contributed by atoms with Crippen molar-refractivity contribution in [1.29, 1.82) is 5.53 Å². The molecule has 0 aromatic rings. The van der Waals surface area contributed by atoms with Crippen LogP contribution in [0.4, 0.5) is 4.79 Å². The van der Waals surface area contributed by atoms with E-state index in [1.54, 1.807) is 0 Å². The predicted molar refractivity (Wildman–Crippen MR) is 55.4 cm³/mol. The normalized spacial score (nSPS) is 23.7. The van der Waals surface area contributed by atoms with Gasteiger partial charge in [0.15, 0.2) is 0 Å². The van der Waals surface area contributed by atoms with Crippen molar-refractivity contribution in [3.63, 3.8) is 0 Å². The minimum absolute atomic E-state index is 0.0800. The monoisotopic (exact) mass is 243 g/mol. The lowest BCUT2D eigenvalue weighted by atomic mass is 9.94. The predicted octanol–water partition coefficient (Wildman–Crippen LogP) is 0.468. The molecule has 1 fully saturated rings. The van der Waals surface area contributed by atoms with Crippen molar-refractivity contribution in [2.24, 2.45) is 11.0 Å². The first-order chi connectivity index (χ1) is 8.04. The van der Waals surface area contributed by atoms with Crippen molar-refractivity contribution in [3.05, 3.63) is 0 Å². The Morgan fingerprint density at radius 2 is 2.35 bits per heavy atom. The Balaban J connectivity index is 2.67. The standard InChI is InChI=1S/C9H14N4O4/c1-6(14)17-8-5-13(9(15)16)3-2-7(8)4-11-12-10/h7-8,10H,2-5H2,1H3/p+1. The van der Waals surface area contributed by atoms with Crippen molar-refractivity contribution < 1.29 is 19.4 Å². The van der Waals surface area contributed by atoms with Crippen LogP contribution in [0.25, 0.3) is 0 Å². The first kappa shape index (κ1) is 13.1. The van der Waals surface area contributed by atoms with E-state index in [1.165, 1.54) is 11.8 Å². The second-order valence-corrected chi connectivity index (χ2v) is 3.85. The van der Waals surface area contributed by atoms with Crippen molar-refractivity contribution in [1.82, 2.24) is 9.81 Å². The number of rotatable bonds is 3. The third kappa shape index (κ3) is 3.84. The zero-order valence-electron chi connectivity index (χ0n) is 9.50. The minimum Gasteiger partial charge on any atom is -0.465 e. The number of ether oxygens (including phenoxy) is 1. The number of carboxylic acid groups (broad SMARTS) is 1. The molecule has 0 saturated carbocycles. The maximum atomic E-state index is 10.9. The summed E-state index contributed by atoms with van der Waals surface area (Å²) in [5.41, 5.74) is 6.58. The summed E-state index contributed by atoms with van der Waals surface area (Å²) in [7, 11) is 0. The van der Waals surface area contributed by atoms with Crippen LogP contribution in [0.15, 0.2) is 5.11 Å². The molecule has 8 heteroatoms. The lowest BCUT2D eigenvalue weighted by Gasteiger charge is -2.34. The van der Waals surface area contributed by atoms with E-state index in [-0.39, 0.29) is 19.0 Å². The van der Waals surface area contributed by atoms with Crippen LogP contribution in [-0.2, 0) is 9.53 Å². The first-order valence-corrected chi connectivity index (χ1v) is 5.23. The Hall–Kier alpha value is -1.95. The highest BCUT2D eigenvalue weighted by Gasteiger charge is 2.34. The van der Waals surface area contributed by atoms with Crippen molar-refractivity contribution in [2.45, 2.75) is 19.4 Å². The number of carbonyl (C=O) groups is 2. The number of esters is 1. The number of likely N-dealkylation sites (tertiary alicyclic amines) is 1. The van der Waals surface area contributed by atoms with Gasteiger partial charge in [-0.3, -0.25) is 4.79 Å². The van der Waals surface area contributed by atoms with Gasteiger partial charge in [-0.2, -0.15) is 0 Å². The van der Waals surface area contributed by atoms with Gasteiger partial charge < -0.3 is 14.7 Å². The molecule has 0 radical (unpaired) electrons. The van der Waals surface area contributed by atoms with Gasteiger partial charge in [-0.25, -0.2) is 4.79 Å². The average Bonchev–Trinajstić information content (AvgIpc) is 2.26. The summed E-state index contributed by atoms with van der Waals surface area (Å²) in [6.07, 6.45) is -0.992. The van der Waals surface area contributed by atoms with Crippen LogP contribution in [0.1, 0.15) is 13.3 Å². The molecule has 0 aromatic heterocycles. The fourth-order valence-corrected chi connectivity index (χ4v) is 1.84. The second kappa shape index (κ2) is 5.95. The van der Waals surface area contributed by atoms with Gasteiger partial charge in [0.25, 0.3) is 0 Å². The lowest BCUT2D eigenvalue weighted by Crippen LogP contribution is -2.48. The van der Waals surface area contributed by atoms with Crippen molar-refractivity contribution in [2.75, 3.05) is 19.6 Å². The third-order valence-electron chi connectivity index (χ3n) is 2.67. The molecular weight excluding hydrogens is 228 g/mol. The van der Waals surface area contributed by atoms with Gasteiger partial charge in [0.1, 0.15) is 23.3 Å². The van der Waals surface area contributed by atoms with E-state index < -0.39 is 18.2 Å². The summed E-state index contributed by atoms with van der Waals surface area (Å²) in [6.45, 7) is 2.08. The van der Waals surface area contributed by atoms with Gasteiger partial charge in [0.05, 0.1) is 6.54 Å². The zero-order chi connectivity index (χ0) is 12.8. The largest absolute Gasteiger partial charge is 0.465 e. The molecule has 2 unspecified atom stereocenters. The molecule has 1 aliphatic heterocycles. The smallest absolute Gasteiger partial charge is 0.407 e. The van der Waals surface area contributed by atoms with Gasteiger partial charge in [-0.05, 0) is 6.42 Å². The highest BCUT2D eigenvalue weighted by atomic mass is 16.5. The van der Waals surface area contributed by atoms with Gasteiger partial charge in [-0.1, -0.05) is 0 Å². The maximum absolute atomic E-state index is 10.9. The molecule has 1 rings (SSSR count). The molecule has 1 saturated heterocycles. The van der Waals surface area contributed by atoms with Crippen molar-refractivity contribution >= 4 is 12.1 Å². The van der Waals surface area contributed by atoms with Crippen LogP contribution in [0.5, 0.6) is 0 Å². The van der Waals surface area contributed by atoms with E-state index >= 15 is 0 Å². The molecule has 17 heavy (non-hydrogen) atoms. The molecule has 8 nitrogen and oxygen atoms in total. The Morgan fingerprint density at radius 3 is 2.88 bits per heavy atom. The molecule has 0 aromatic carbocycles. The topological polar surface area (TPSA) is 117 Å². The molecular formula is C9H15N4O4+. The van der Waals surface area contributed by atoms with E-state index in [0.29, 0.717) is 13.0 Å². The summed E-state index contributed by atoms with van der Waals surface area (Å²) in [6, 6.07) is 0. The molecule has 2 atom stereocenters. The summed E-state index contributed by atoms with van der Waals surface area (Å²) in [4.78, 5) is 25.9. The second-order valence-electron chi connectivity index (χ2n) is 3.85. The summed E-state index contributed by atoms with van der Waals surface area (Å²) in [5.74, 6) is -0.529. The van der Waals surface area contributed by atoms with E-state index in [1.807, 2.05) is 0 Å². The molecule has 0 bridgehead atoms. The summed E-state index contributed by atoms with van der Waals surface area (Å²) < 4.78 is 5.07. The lowest BCUT2D eigenvalue weighted by molar-refractivity contribution is -0.151.